The second-order valence-corrected chi connectivity index (χ2v) is 4.83. The van der Waals surface area contributed by atoms with E-state index in [-0.39, 0.29) is 18.4 Å². The quantitative estimate of drug-likeness (QED) is 0.803. The van der Waals surface area contributed by atoms with E-state index in [0.29, 0.717) is 5.92 Å². The zero-order valence-corrected chi connectivity index (χ0v) is 10.3. The predicted molar refractivity (Wildman–Crippen MR) is 66.3 cm³/mol. The van der Waals surface area contributed by atoms with E-state index >= 15 is 0 Å². The normalized spacial score (nSPS) is 17.1. The van der Waals surface area contributed by atoms with Crippen molar-refractivity contribution in [3.63, 3.8) is 0 Å². The fourth-order valence-corrected chi connectivity index (χ4v) is 2.11. The summed E-state index contributed by atoms with van der Waals surface area (Å²) in [7, 11) is 0. The van der Waals surface area contributed by atoms with E-state index in [1.54, 1.807) is 0 Å². The lowest BCUT2D eigenvalue weighted by molar-refractivity contribution is 0.0428. The summed E-state index contributed by atoms with van der Waals surface area (Å²) in [6, 6.07) is 10.0. The van der Waals surface area contributed by atoms with Crippen LogP contribution < -0.4 is 0 Å². The van der Waals surface area contributed by atoms with Crippen LogP contribution in [0.1, 0.15) is 32.3 Å². The fraction of sp³-hybridized carbons (Fsp3) is 0.571. The smallest absolute Gasteiger partial charge is 0.0658 e. The van der Waals surface area contributed by atoms with Crippen molar-refractivity contribution in [1.29, 1.82) is 0 Å². The summed E-state index contributed by atoms with van der Waals surface area (Å²) in [5.74, 6) is 0.349. The summed E-state index contributed by atoms with van der Waals surface area (Å²) in [5, 5.41) is 19.4. The Morgan fingerprint density at radius 2 is 1.62 bits per heavy atom. The van der Waals surface area contributed by atoms with Gasteiger partial charge in [-0.25, -0.2) is 0 Å². The van der Waals surface area contributed by atoms with Gasteiger partial charge < -0.3 is 10.2 Å². The van der Waals surface area contributed by atoms with E-state index in [0.717, 1.165) is 5.56 Å². The molecule has 2 N–H and O–H groups in total. The molecule has 2 nitrogen and oxygen atoms in total. The van der Waals surface area contributed by atoms with Crippen LogP contribution in [-0.2, 0) is 0 Å². The number of aliphatic hydroxyl groups excluding tert-OH is 2. The Hall–Kier alpha value is -0.860. The molecule has 0 radical (unpaired) electrons. The molecule has 0 aromatic heterocycles. The minimum atomic E-state index is -0.493. The largest absolute Gasteiger partial charge is 0.396 e. The summed E-state index contributed by atoms with van der Waals surface area (Å²) in [6.07, 6.45) is -0.493. The van der Waals surface area contributed by atoms with Crippen LogP contribution in [0.5, 0.6) is 0 Å². The van der Waals surface area contributed by atoms with Gasteiger partial charge in [0.1, 0.15) is 0 Å². The Morgan fingerprint density at radius 3 is 2.06 bits per heavy atom. The maximum Gasteiger partial charge on any atom is 0.0658 e. The van der Waals surface area contributed by atoms with E-state index in [1.165, 1.54) is 0 Å². The SMILES string of the molecule is CC(C)C(c1ccccc1)C(O)C(C)CO. The zero-order valence-electron chi connectivity index (χ0n) is 10.3. The molecule has 3 unspecified atom stereocenters. The molecule has 1 aromatic carbocycles. The summed E-state index contributed by atoms with van der Waals surface area (Å²) in [4.78, 5) is 0. The van der Waals surface area contributed by atoms with Crippen LogP contribution in [0.15, 0.2) is 30.3 Å². The van der Waals surface area contributed by atoms with Crippen molar-refractivity contribution in [2.24, 2.45) is 11.8 Å². The Bertz CT molecular complexity index is 295. The van der Waals surface area contributed by atoms with Gasteiger partial charge in [-0.3, -0.25) is 0 Å². The van der Waals surface area contributed by atoms with Crippen LogP contribution in [0.25, 0.3) is 0 Å². The van der Waals surface area contributed by atoms with E-state index in [9.17, 15) is 5.11 Å². The molecule has 0 saturated carbocycles. The van der Waals surface area contributed by atoms with Crippen LogP contribution in [0.4, 0.5) is 0 Å². The molecule has 1 aromatic rings. The highest BCUT2D eigenvalue weighted by Crippen LogP contribution is 2.31. The number of hydrogen-bond donors (Lipinski definition) is 2. The van der Waals surface area contributed by atoms with Crippen molar-refractivity contribution in [3.05, 3.63) is 35.9 Å². The van der Waals surface area contributed by atoms with Crippen molar-refractivity contribution < 1.29 is 10.2 Å². The first-order chi connectivity index (χ1) is 7.57. The molecule has 3 atom stereocenters. The van der Waals surface area contributed by atoms with Crippen LogP contribution in [0.3, 0.4) is 0 Å². The standard InChI is InChI=1S/C14H22O2/c1-10(2)13(14(16)11(3)9-15)12-7-5-4-6-8-12/h4-8,10-11,13-16H,9H2,1-3H3. The third kappa shape index (κ3) is 3.06. The van der Waals surface area contributed by atoms with Crippen molar-refractivity contribution in [1.82, 2.24) is 0 Å². The van der Waals surface area contributed by atoms with Gasteiger partial charge >= 0.3 is 0 Å². The summed E-state index contributed by atoms with van der Waals surface area (Å²) in [6.45, 7) is 6.11. The first-order valence-electron chi connectivity index (χ1n) is 5.91. The molecule has 0 heterocycles. The average Bonchev–Trinajstić information content (AvgIpc) is 2.29. The molecule has 0 aliphatic carbocycles. The molecule has 0 aliphatic rings. The highest BCUT2D eigenvalue weighted by atomic mass is 16.3. The number of rotatable bonds is 5. The Morgan fingerprint density at radius 1 is 1.06 bits per heavy atom. The molecule has 16 heavy (non-hydrogen) atoms. The molecule has 0 saturated heterocycles. The average molecular weight is 222 g/mol. The monoisotopic (exact) mass is 222 g/mol. The molecule has 0 aliphatic heterocycles. The number of benzene rings is 1. The van der Waals surface area contributed by atoms with Crippen molar-refractivity contribution >= 4 is 0 Å². The Kier molecular flexibility index (Phi) is 4.97. The first kappa shape index (κ1) is 13.2. The van der Waals surface area contributed by atoms with Gasteiger partial charge in [0, 0.05) is 18.4 Å². The molecular weight excluding hydrogens is 200 g/mol. The highest BCUT2D eigenvalue weighted by molar-refractivity contribution is 5.21. The lowest BCUT2D eigenvalue weighted by Crippen LogP contribution is -2.31. The van der Waals surface area contributed by atoms with Gasteiger partial charge in [0.25, 0.3) is 0 Å². The fourth-order valence-electron chi connectivity index (χ4n) is 2.11. The molecule has 1 rings (SSSR count). The Labute approximate surface area is 97.9 Å². The molecule has 2 heteroatoms. The van der Waals surface area contributed by atoms with E-state index in [4.69, 9.17) is 5.11 Å². The topological polar surface area (TPSA) is 40.5 Å². The van der Waals surface area contributed by atoms with Gasteiger partial charge in [0.2, 0.25) is 0 Å². The number of aliphatic hydroxyl groups is 2. The molecule has 0 fully saturated rings. The predicted octanol–water partition coefficient (Wildman–Crippen LogP) is 2.42. The Balaban J connectivity index is 2.92. The first-order valence-corrected chi connectivity index (χ1v) is 5.91. The van der Waals surface area contributed by atoms with Crippen LogP contribution in [0, 0.1) is 11.8 Å². The summed E-state index contributed by atoms with van der Waals surface area (Å²) in [5.41, 5.74) is 1.14. The molecular formula is C14H22O2. The van der Waals surface area contributed by atoms with Gasteiger partial charge in [-0.2, -0.15) is 0 Å². The van der Waals surface area contributed by atoms with Crippen LogP contribution in [-0.4, -0.2) is 22.9 Å². The van der Waals surface area contributed by atoms with Gasteiger partial charge in [-0.05, 0) is 11.5 Å². The van der Waals surface area contributed by atoms with Crippen molar-refractivity contribution in [2.45, 2.75) is 32.8 Å². The van der Waals surface area contributed by atoms with Gasteiger partial charge in [-0.1, -0.05) is 51.1 Å². The van der Waals surface area contributed by atoms with Gasteiger partial charge in [0.05, 0.1) is 6.10 Å². The van der Waals surface area contributed by atoms with Crippen molar-refractivity contribution in [2.75, 3.05) is 6.61 Å². The minimum Gasteiger partial charge on any atom is -0.396 e. The number of hydrogen-bond acceptors (Lipinski definition) is 2. The summed E-state index contributed by atoms with van der Waals surface area (Å²) >= 11 is 0. The second kappa shape index (κ2) is 6.02. The van der Waals surface area contributed by atoms with E-state index in [2.05, 4.69) is 13.8 Å². The van der Waals surface area contributed by atoms with Crippen molar-refractivity contribution in [3.8, 4) is 0 Å². The van der Waals surface area contributed by atoms with E-state index in [1.807, 2.05) is 37.3 Å². The third-order valence-corrected chi connectivity index (χ3v) is 3.14. The maximum atomic E-state index is 10.2. The zero-order chi connectivity index (χ0) is 12.1. The van der Waals surface area contributed by atoms with Gasteiger partial charge in [-0.15, -0.1) is 0 Å². The van der Waals surface area contributed by atoms with Crippen LogP contribution >= 0.6 is 0 Å². The van der Waals surface area contributed by atoms with Crippen LogP contribution in [0.2, 0.25) is 0 Å². The molecule has 0 bridgehead atoms. The highest BCUT2D eigenvalue weighted by Gasteiger charge is 2.28. The lowest BCUT2D eigenvalue weighted by atomic mass is 9.79. The maximum absolute atomic E-state index is 10.2. The van der Waals surface area contributed by atoms with Gasteiger partial charge in [0.15, 0.2) is 0 Å². The summed E-state index contributed by atoms with van der Waals surface area (Å²) < 4.78 is 0. The molecule has 90 valence electrons. The molecule has 0 spiro atoms. The third-order valence-electron chi connectivity index (χ3n) is 3.14. The lowest BCUT2D eigenvalue weighted by Gasteiger charge is -2.30. The minimum absolute atomic E-state index is 0.0250. The van der Waals surface area contributed by atoms with E-state index < -0.39 is 6.10 Å². The second-order valence-electron chi connectivity index (χ2n) is 4.83. The molecule has 0 amide bonds.